The van der Waals surface area contributed by atoms with Crippen LogP contribution in [-0.2, 0) is 9.59 Å². The van der Waals surface area contributed by atoms with E-state index < -0.39 is 17.7 Å². The largest absolute Gasteiger partial charge is 0.507 e. The number of rotatable bonds is 11. The second-order valence-corrected chi connectivity index (χ2v) is 11.2. The van der Waals surface area contributed by atoms with Crippen LogP contribution in [0.1, 0.15) is 56.7 Å². The molecule has 4 aromatic rings. The molecule has 9 heteroatoms. The van der Waals surface area contributed by atoms with Gasteiger partial charge in [0.05, 0.1) is 35.0 Å². The molecule has 0 saturated carbocycles. The van der Waals surface area contributed by atoms with Crippen molar-refractivity contribution in [3.05, 3.63) is 88.5 Å². The van der Waals surface area contributed by atoms with Crippen molar-refractivity contribution >= 4 is 55.7 Å². The lowest BCUT2D eigenvalue weighted by molar-refractivity contribution is -0.132. The Balaban J connectivity index is 1.57. The van der Waals surface area contributed by atoms with Crippen LogP contribution in [0.3, 0.4) is 0 Å². The van der Waals surface area contributed by atoms with Gasteiger partial charge in [-0.2, -0.15) is 0 Å². The van der Waals surface area contributed by atoms with Crippen molar-refractivity contribution in [2.75, 3.05) is 18.1 Å². The number of unbranched alkanes of at least 4 members (excludes halogenated alkanes) is 2. The molecule has 1 aliphatic rings. The van der Waals surface area contributed by atoms with Crippen LogP contribution in [0, 0.1) is 0 Å². The Morgan fingerprint density at radius 3 is 2.29 bits per heavy atom. The lowest BCUT2D eigenvalue weighted by Crippen LogP contribution is -2.29. The maximum atomic E-state index is 13.5. The molecule has 1 amide bonds. The predicted octanol–water partition coefficient (Wildman–Crippen LogP) is 7.93. The molecule has 1 saturated heterocycles. The molecule has 0 aliphatic carbocycles. The van der Waals surface area contributed by atoms with Crippen molar-refractivity contribution in [3.8, 4) is 11.5 Å². The third-order valence-electron chi connectivity index (χ3n) is 6.80. The molecule has 1 atom stereocenters. The molecule has 0 bridgehead atoms. The molecule has 5 rings (SSSR count). The molecule has 7 nitrogen and oxygen atoms in total. The summed E-state index contributed by atoms with van der Waals surface area (Å²) in [6, 6.07) is 18.5. The van der Waals surface area contributed by atoms with E-state index in [0.29, 0.717) is 51.5 Å². The normalized spacial score (nSPS) is 16.5. The van der Waals surface area contributed by atoms with E-state index >= 15 is 0 Å². The number of benzene rings is 3. The topological polar surface area (TPSA) is 89.0 Å². The summed E-state index contributed by atoms with van der Waals surface area (Å²) in [6.07, 6.45) is 4.02. The number of hydrogen-bond donors (Lipinski definition) is 1. The number of aromatic nitrogens is 1. The number of Topliss-reactive ketones (excluding diaryl/α,β-unsaturated/α-hetero) is 1. The molecule has 1 fully saturated rings. The Hall–Kier alpha value is -3.88. The van der Waals surface area contributed by atoms with Crippen molar-refractivity contribution in [1.29, 1.82) is 0 Å². The molecule has 2 heterocycles. The highest BCUT2D eigenvalue weighted by Crippen LogP contribution is 2.45. The fraction of sp³-hybridized carbons (Fsp3) is 0.281. The maximum Gasteiger partial charge on any atom is 0.301 e. The zero-order valence-corrected chi connectivity index (χ0v) is 24.5. The zero-order chi connectivity index (χ0) is 28.9. The molecule has 212 valence electrons. The fourth-order valence-electron chi connectivity index (χ4n) is 4.71. The number of aliphatic hydroxyl groups is 1. The minimum absolute atomic E-state index is 0.00821. The first-order valence-electron chi connectivity index (χ1n) is 13.7. The van der Waals surface area contributed by atoms with Crippen LogP contribution in [0.4, 0.5) is 5.13 Å². The summed E-state index contributed by atoms with van der Waals surface area (Å²) in [5.41, 5.74) is 1.70. The van der Waals surface area contributed by atoms with E-state index in [1.807, 2.05) is 31.2 Å². The molecule has 0 radical (unpaired) electrons. The summed E-state index contributed by atoms with van der Waals surface area (Å²) in [5, 5.41) is 12.3. The van der Waals surface area contributed by atoms with Gasteiger partial charge in [0, 0.05) is 10.6 Å². The Morgan fingerprint density at radius 2 is 1.61 bits per heavy atom. The predicted molar refractivity (Wildman–Crippen MR) is 163 cm³/mol. The summed E-state index contributed by atoms with van der Waals surface area (Å²) in [5.74, 6) is -0.454. The van der Waals surface area contributed by atoms with Crippen molar-refractivity contribution in [2.45, 2.75) is 45.6 Å². The van der Waals surface area contributed by atoms with Gasteiger partial charge < -0.3 is 14.6 Å². The van der Waals surface area contributed by atoms with Crippen LogP contribution in [0.15, 0.2) is 72.3 Å². The van der Waals surface area contributed by atoms with Gasteiger partial charge in [-0.05, 0) is 73.0 Å². The first-order valence-corrected chi connectivity index (χ1v) is 14.9. The molecule has 1 unspecified atom stereocenters. The number of hydrogen-bond acceptors (Lipinski definition) is 7. The number of ether oxygens (including phenoxy) is 2. The van der Waals surface area contributed by atoms with Crippen LogP contribution in [0.2, 0.25) is 5.02 Å². The number of fused-ring (bicyclic) bond motifs is 1. The van der Waals surface area contributed by atoms with Crippen LogP contribution in [0.25, 0.3) is 16.0 Å². The van der Waals surface area contributed by atoms with E-state index in [1.54, 1.807) is 42.5 Å². The number of carbonyl (C=O) groups is 2. The van der Waals surface area contributed by atoms with Gasteiger partial charge in [0.15, 0.2) is 5.13 Å². The van der Waals surface area contributed by atoms with Gasteiger partial charge >= 0.3 is 5.91 Å². The monoisotopic (exact) mass is 590 g/mol. The smallest absolute Gasteiger partial charge is 0.301 e. The third kappa shape index (κ3) is 6.09. The Kier molecular flexibility index (Phi) is 8.90. The second kappa shape index (κ2) is 12.7. The summed E-state index contributed by atoms with van der Waals surface area (Å²) < 4.78 is 12.3. The first-order chi connectivity index (χ1) is 19.9. The Morgan fingerprint density at radius 1 is 0.927 bits per heavy atom. The third-order valence-corrected chi connectivity index (χ3v) is 8.06. The van der Waals surface area contributed by atoms with Gasteiger partial charge in [0.1, 0.15) is 17.3 Å². The average molecular weight is 591 g/mol. The van der Waals surface area contributed by atoms with E-state index in [0.717, 1.165) is 30.4 Å². The van der Waals surface area contributed by atoms with Gasteiger partial charge in [-0.25, -0.2) is 4.98 Å². The molecular weight excluding hydrogens is 560 g/mol. The zero-order valence-electron chi connectivity index (χ0n) is 22.9. The van der Waals surface area contributed by atoms with Crippen LogP contribution in [-0.4, -0.2) is 35.0 Å². The molecule has 3 aromatic carbocycles. The number of halogens is 1. The van der Waals surface area contributed by atoms with Crippen LogP contribution >= 0.6 is 22.9 Å². The highest BCUT2D eigenvalue weighted by Gasteiger charge is 2.48. The van der Waals surface area contributed by atoms with Crippen molar-refractivity contribution in [1.82, 2.24) is 4.98 Å². The number of amides is 1. The first kappa shape index (κ1) is 28.6. The summed E-state index contributed by atoms with van der Waals surface area (Å²) in [7, 11) is 0. The lowest BCUT2D eigenvalue weighted by atomic mass is 9.95. The number of ketones is 1. The van der Waals surface area contributed by atoms with Gasteiger partial charge in [-0.15, -0.1) is 0 Å². The highest BCUT2D eigenvalue weighted by molar-refractivity contribution is 7.22. The summed E-state index contributed by atoms with van der Waals surface area (Å²) in [4.78, 5) is 33.1. The fourth-order valence-corrected chi connectivity index (χ4v) is 5.98. The molecule has 1 N–H and O–H groups in total. The van der Waals surface area contributed by atoms with Gasteiger partial charge in [0.25, 0.3) is 5.78 Å². The number of thiazole rings is 1. The van der Waals surface area contributed by atoms with E-state index in [2.05, 4.69) is 11.9 Å². The second-order valence-electron chi connectivity index (χ2n) is 9.78. The number of anilines is 1. The van der Waals surface area contributed by atoms with Crippen molar-refractivity contribution in [2.24, 2.45) is 0 Å². The van der Waals surface area contributed by atoms with E-state index in [1.165, 1.54) is 16.2 Å². The maximum absolute atomic E-state index is 13.5. The minimum Gasteiger partial charge on any atom is -0.507 e. The standard InChI is InChI=1S/C32H31ClN2O5S/c1-3-5-6-18-40-24-12-7-20(8-13-24)28-27(29(36)21-9-14-23(15-10-21)39-17-4-2)30(37)31(38)35(28)32-34-25-16-11-22(33)19-26(25)41-32/h7-16,19,28,36H,3-6,17-18H2,1-2H3/b29-27+. The molecule has 1 aromatic heterocycles. The van der Waals surface area contributed by atoms with Gasteiger partial charge in [0.2, 0.25) is 0 Å². The Bertz CT molecular complexity index is 1580. The number of carbonyl (C=O) groups excluding carboxylic acids is 2. The lowest BCUT2D eigenvalue weighted by Gasteiger charge is -2.23. The molecule has 1 aliphatic heterocycles. The van der Waals surface area contributed by atoms with Gasteiger partial charge in [-0.1, -0.05) is 61.8 Å². The van der Waals surface area contributed by atoms with Crippen LogP contribution < -0.4 is 14.4 Å². The quantitative estimate of drug-likeness (QED) is 0.0825. The SMILES string of the molecule is CCCCCOc1ccc(C2/C(=C(\O)c3ccc(OCCC)cc3)C(=O)C(=O)N2c2nc3ccc(Cl)cc3s2)cc1. The highest BCUT2D eigenvalue weighted by atomic mass is 35.5. The van der Waals surface area contributed by atoms with E-state index in [4.69, 9.17) is 21.1 Å². The molecule has 41 heavy (non-hydrogen) atoms. The minimum atomic E-state index is -0.892. The number of aliphatic hydroxyl groups excluding tert-OH is 1. The van der Waals surface area contributed by atoms with Crippen molar-refractivity contribution in [3.63, 3.8) is 0 Å². The van der Waals surface area contributed by atoms with Crippen LogP contribution in [0.5, 0.6) is 11.5 Å². The summed E-state index contributed by atoms with van der Waals surface area (Å²) >= 11 is 7.45. The number of nitrogens with zero attached hydrogens (tertiary/aromatic N) is 2. The van der Waals surface area contributed by atoms with E-state index in [9.17, 15) is 14.7 Å². The van der Waals surface area contributed by atoms with Gasteiger partial charge in [-0.3, -0.25) is 14.5 Å². The Labute approximate surface area is 248 Å². The molecule has 0 spiro atoms. The van der Waals surface area contributed by atoms with Crippen molar-refractivity contribution < 1.29 is 24.2 Å². The summed E-state index contributed by atoms with van der Waals surface area (Å²) in [6.45, 7) is 5.34. The van der Waals surface area contributed by atoms with E-state index in [-0.39, 0.29) is 11.3 Å². The average Bonchev–Trinajstić information content (AvgIpc) is 3.51. The molecular formula is C32H31ClN2O5S.